The highest BCUT2D eigenvalue weighted by Crippen LogP contribution is 2.34. The van der Waals surface area contributed by atoms with Crippen LogP contribution in [0, 0.1) is 11.8 Å². The molecule has 0 radical (unpaired) electrons. The van der Waals surface area contributed by atoms with Crippen molar-refractivity contribution in [1.82, 2.24) is 0 Å². The number of ether oxygens (including phenoxy) is 2. The first-order valence-electron chi connectivity index (χ1n) is 15.7. The van der Waals surface area contributed by atoms with E-state index in [1.165, 1.54) is 102 Å². The van der Waals surface area contributed by atoms with E-state index < -0.39 is 0 Å². The normalized spacial score (nSPS) is 17.3. The van der Waals surface area contributed by atoms with Crippen LogP contribution in [0.4, 0.5) is 0 Å². The molecule has 2 aromatic carbocycles. The molecular formula is C35H52O3. The van der Waals surface area contributed by atoms with Gasteiger partial charge in [0.15, 0.2) is 0 Å². The average Bonchev–Trinajstić information content (AvgIpc) is 2.95. The third-order valence-electron chi connectivity index (χ3n) is 8.25. The number of benzene rings is 2. The zero-order valence-corrected chi connectivity index (χ0v) is 24.2. The Balaban J connectivity index is 1.29. The molecule has 0 atom stereocenters. The van der Waals surface area contributed by atoms with Gasteiger partial charge in [-0.05, 0) is 73.1 Å². The molecule has 3 nitrogen and oxygen atoms in total. The van der Waals surface area contributed by atoms with E-state index >= 15 is 0 Å². The lowest BCUT2D eigenvalue weighted by atomic mass is 9.78. The lowest BCUT2D eigenvalue weighted by Crippen LogP contribution is -2.15. The molecule has 210 valence electrons. The summed E-state index contributed by atoms with van der Waals surface area (Å²) in [4.78, 5) is 12.6. The molecule has 0 aromatic heterocycles. The van der Waals surface area contributed by atoms with Crippen LogP contribution in [-0.2, 0) is 6.42 Å². The lowest BCUT2D eigenvalue weighted by molar-refractivity contribution is 0.0734. The molecule has 38 heavy (non-hydrogen) atoms. The van der Waals surface area contributed by atoms with E-state index in [0.717, 1.165) is 37.0 Å². The quantitative estimate of drug-likeness (QED) is 0.111. The highest BCUT2D eigenvalue weighted by atomic mass is 16.5. The van der Waals surface area contributed by atoms with E-state index in [9.17, 15) is 4.79 Å². The summed E-state index contributed by atoms with van der Waals surface area (Å²) in [5.74, 6) is 2.93. The molecule has 3 heteroatoms. The first kappa shape index (κ1) is 30.3. The van der Waals surface area contributed by atoms with E-state index in [0.29, 0.717) is 11.3 Å². The largest absolute Gasteiger partial charge is 0.494 e. The summed E-state index contributed by atoms with van der Waals surface area (Å²) in [6.07, 6.45) is 22.5. The van der Waals surface area contributed by atoms with Gasteiger partial charge in [0.25, 0.3) is 0 Å². The summed E-state index contributed by atoms with van der Waals surface area (Å²) < 4.78 is 11.5. The molecule has 1 saturated carbocycles. The number of hydrogen-bond acceptors (Lipinski definition) is 3. The molecule has 0 N–H and O–H groups in total. The summed E-state index contributed by atoms with van der Waals surface area (Å²) in [6, 6.07) is 15.4. The molecule has 1 fully saturated rings. The summed E-state index contributed by atoms with van der Waals surface area (Å²) in [5, 5.41) is 0. The van der Waals surface area contributed by atoms with Crippen LogP contribution < -0.4 is 9.47 Å². The van der Waals surface area contributed by atoms with Crippen molar-refractivity contribution in [3.63, 3.8) is 0 Å². The third-order valence-corrected chi connectivity index (χ3v) is 8.25. The standard InChI is InChI=1S/C35H52O3/c1-3-5-6-7-8-9-10-11-12-28-37-33-26-22-32(23-27-33)35(36)38-34-24-20-31(21-25-34)19-18-30-16-14-29(13-4-2)15-17-30/h20-27,29-30H,3-19,28H2,1-2H3/t29-,30-. The number of carbonyl (C=O) groups excluding carboxylic acids is 1. The van der Waals surface area contributed by atoms with Crippen molar-refractivity contribution in [2.75, 3.05) is 6.61 Å². The second kappa shape index (κ2) is 18.1. The first-order valence-corrected chi connectivity index (χ1v) is 15.7. The molecule has 0 bridgehead atoms. The fraction of sp³-hybridized carbons (Fsp3) is 0.629. The van der Waals surface area contributed by atoms with Gasteiger partial charge < -0.3 is 9.47 Å². The van der Waals surface area contributed by atoms with Gasteiger partial charge in [-0.3, -0.25) is 0 Å². The Bertz CT molecular complexity index is 878. The van der Waals surface area contributed by atoms with Gasteiger partial charge in [0, 0.05) is 0 Å². The van der Waals surface area contributed by atoms with E-state index in [-0.39, 0.29) is 5.97 Å². The van der Waals surface area contributed by atoms with E-state index in [4.69, 9.17) is 9.47 Å². The zero-order valence-electron chi connectivity index (χ0n) is 24.2. The van der Waals surface area contributed by atoms with Crippen LogP contribution in [0.25, 0.3) is 0 Å². The molecule has 0 aliphatic heterocycles. The zero-order chi connectivity index (χ0) is 26.8. The fourth-order valence-electron chi connectivity index (χ4n) is 5.77. The first-order chi connectivity index (χ1) is 18.7. The second-order valence-electron chi connectivity index (χ2n) is 11.4. The predicted octanol–water partition coefficient (Wildman–Crippen LogP) is 10.4. The van der Waals surface area contributed by atoms with Gasteiger partial charge >= 0.3 is 5.97 Å². The molecular weight excluding hydrogens is 468 g/mol. The predicted molar refractivity (Wildman–Crippen MR) is 159 cm³/mol. The van der Waals surface area contributed by atoms with Gasteiger partial charge in [-0.25, -0.2) is 4.79 Å². The molecule has 1 aliphatic rings. The molecule has 3 rings (SSSR count). The van der Waals surface area contributed by atoms with E-state index in [2.05, 4.69) is 26.0 Å². The molecule has 0 heterocycles. The number of esters is 1. The van der Waals surface area contributed by atoms with Crippen LogP contribution in [-0.4, -0.2) is 12.6 Å². The molecule has 0 unspecified atom stereocenters. The van der Waals surface area contributed by atoms with Crippen molar-refractivity contribution >= 4 is 5.97 Å². The Morgan fingerprint density at radius 1 is 0.658 bits per heavy atom. The number of hydrogen-bond donors (Lipinski definition) is 0. The third kappa shape index (κ3) is 11.6. The summed E-state index contributed by atoms with van der Waals surface area (Å²) >= 11 is 0. The highest BCUT2D eigenvalue weighted by molar-refractivity contribution is 5.91. The van der Waals surface area contributed by atoms with Crippen molar-refractivity contribution in [2.45, 2.75) is 123 Å². The van der Waals surface area contributed by atoms with Gasteiger partial charge in [-0.2, -0.15) is 0 Å². The minimum atomic E-state index is -0.327. The topological polar surface area (TPSA) is 35.5 Å². The van der Waals surface area contributed by atoms with Gasteiger partial charge in [0.1, 0.15) is 11.5 Å². The van der Waals surface area contributed by atoms with Gasteiger partial charge in [0.05, 0.1) is 12.2 Å². The van der Waals surface area contributed by atoms with Crippen LogP contribution in [0.5, 0.6) is 11.5 Å². The van der Waals surface area contributed by atoms with Crippen LogP contribution >= 0.6 is 0 Å². The van der Waals surface area contributed by atoms with Gasteiger partial charge in [-0.15, -0.1) is 0 Å². The van der Waals surface area contributed by atoms with Crippen LogP contribution in [0.3, 0.4) is 0 Å². The fourth-order valence-corrected chi connectivity index (χ4v) is 5.77. The number of carbonyl (C=O) groups is 1. The Morgan fingerprint density at radius 3 is 1.82 bits per heavy atom. The summed E-state index contributed by atoms with van der Waals surface area (Å²) in [7, 11) is 0. The number of unbranched alkanes of at least 4 members (excludes halogenated alkanes) is 8. The number of rotatable bonds is 18. The van der Waals surface area contributed by atoms with Crippen LogP contribution in [0.15, 0.2) is 48.5 Å². The Kier molecular flexibility index (Phi) is 14.4. The van der Waals surface area contributed by atoms with Crippen LogP contribution in [0.2, 0.25) is 0 Å². The van der Waals surface area contributed by atoms with Crippen molar-refractivity contribution < 1.29 is 14.3 Å². The molecule has 0 saturated heterocycles. The van der Waals surface area contributed by atoms with Gasteiger partial charge in [0.2, 0.25) is 0 Å². The minimum absolute atomic E-state index is 0.327. The van der Waals surface area contributed by atoms with Crippen molar-refractivity contribution in [3.8, 4) is 11.5 Å². The smallest absolute Gasteiger partial charge is 0.343 e. The van der Waals surface area contributed by atoms with E-state index in [1.54, 1.807) is 12.1 Å². The highest BCUT2D eigenvalue weighted by Gasteiger charge is 2.20. The maximum Gasteiger partial charge on any atom is 0.343 e. The Morgan fingerprint density at radius 2 is 1.21 bits per heavy atom. The molecule has 0 amide bonds. The SMILES string of the molecule is CCCCCCCCCCCOc1ccc(C(=O)Oc2ccc(CC[C@H]3CC[C@H](CCC)CC3)cc2)cc1. The van der Waals surface area contributed by atoms with Crippen LogP contribution in [0.1, 0.15) is 133 Å². The number of aryl methyl sites for hydroxylation is 1. The summed E-state index contributed by atoms with van der Waals surface area (Å²) in [5.41, 5.74) is 1.87. The Labute approximate surface area is 232 Å². The van der Waals surface area contributed by atoms with Gasteiger partial charge in [-0.1, -0.05) is 116 Å². The molecule has 0 spiro atoms. The maximum absolute atomic E-state index is 12.6. The lowest BCUT2D eigenvalue weighted by Gasteiger charge is -2.28. The monoisotopic (exact) mass is 520 g/mol. The molecule has 2 aromatic rings. The molecule has 1 aliphatic carbocycles. The van der Waals surface area contributed by atoms with Crippen molar-refractivity contribution in [3.05, 3.63) is 59.7 Å². The average molecular weight is 521 g/mol. The van der Waals surface area contributed by atoms with Crippen molar-refractivity contribution in [2.24, 2.45) is 11.8 Å². The minimum Gasteiger partial charge on any atom is -0.494 e. The summed E-state index contributed by atoms with van der Waals surface area (Å²) in [6.45, 7) is 5.29. The second-order valence-corrected chi connectivity index (χ2v) is 11.4. The van der Waals surface area contributed by atoms with Crippen molar-refractivity contribution in [1.29, 1.82) is 0 Å². The maximum atomic E-state index is 12.6. The Hall–Kier alpha value is -2.29. The van der Waals surface area contributed by atoms with E-state index in [1.807, 2.05) is 24.3 Å².